The van der Waals surface area contributed by atoms with Crippen LogP contribution in [0.1, 0.15) is 18.2 Å². The Bertz CT molecular complexity index is 567. The summed E-state index contributed by atoms with van der Waals surface area (Å²) in [6.07, 6.45) is 0. The monoisotopic (exact) mass is 260 g/mol. The number of nitrogens with one attached hydrogen (secondary N) is 1. The highest BCUT2D eigenvalue weighted by molar-refractivity contribution is 5.82. The van der Waals surface area contributed by atoms with Crippen molar-refractivity contribution in [3.8, 4) is 0 Å². The van der Waals surface area contributed by atoms with Gasteiger partial charge in [0.05, 0.1) is 17.7 Å². The highest BCUT2D eigenvalue weighted by Crippen LogP contribution is 2.18. The van der Waals surface area contributed by atoms with E-state index in [2.05, 4.69) is 10.3 Å². The first-order chi connectivity index (χ1) is 9.02. The minimum atomic E-state index is -1.09. The van der Waals surface area contributed by atoms with Gasteiger partial charge in [-0.25, -0.2) is 0 Å². The molecule has 3 N–H and O–H groups in total. The van der Waals surface area contributed by atoms with Gasteiger partial charge in [-0.05, 0) is 31.5 Å². The highest BCUT2D eigenvalue weighted by Gasteiger charge is 2.18. The number of para-hydroxylation sites is 1. The van der Waals surface area contributed by atoms with Crippen molar-refractivity contribution in [2.75, 3.05) is 13.2 Å². The standard InChI is InChI=1S/C15H20N2O2/c1-11-7-12(8-16-9-15(2,19)10-18)13-5-3-4-6-14(13)17-11/h3-7,16,18-19H,8-10H2,1-2H3. The van der Waals surface area contributed by atoms with Gasteiger partial charge in [-0.15, -0.1) is 0 Å². The number of aliphatic hydroxyl groups is 2. The van der Waals surface area contributed by atoms with Crippen molar-refractivity contribution < 1.29 is 10.2 Å². The molecule has 0 aliphatic heterocycles. The fraction of sp³-hybridized carbons (Fsp3) is 0.400. The number of pyridine rings is 1. The molecule has 2 rings (SSSR count). The Balaban J connectivity index is 2.16. The van der Waals surface area contributed by atoms with Gasteiger partial charge in [0.1, 0.15) is 0 Å². The van der Waals surface area contributed by atoms with Crippen LogP contribution in [0.5, 0.6) is 0 Å². The molecular formula is C15H20N2O2. The largest absolute Gasteiger partial charge is 0.393 e. The molecule has 0 aliphatic carbocycles. The second kappa shape index (κ2) is 5.65. The predicted octanol–water partition coefficient (Wildman–Crippen LogP) is 1.38. The van der Waals surface area contributed by atoms with Gasteiger partial charge in [-0.3, -0.25) is 4.98 Å². The van der Waals surface area contributed by atoms with Gasteiger partial charge in [0.15, 0.2) is 0 Å². The number of hydrogen-bond donors (Lipinski definition) is 3. The summed E-state index contributed by atoms with van der Waals surface area (Å²) in [6, 6.07) is 10.1. The molecule has 1 heterocycles. The maximum absolute atomic E-state index is 9.74. The maximum atomic E-state index is 9.74. The van der Waals surface area contributed by atoms with E-state index in [1.165, 1.54) is 0 Å². The Labute approximate surface area is 113 Å². The molecule has 0 radical (unpaired) electrons. The lowest BCUT2D eigenvalue weighted by molar-refractivity contribution is 0.00255. The zero-order valence-corrected chi connectivity index (χ0v) is 11.3. The summed E-state index contributed by atoms with van der Waals surface area (Å²) >= 11 is 0. The summed E-state index contributed by atoms with van der Waals surface area (Å²) < 4.78 is 0. The van der Waals surface area contributed by atoms with E-state index < -0.39 is 5.60 Å². The van der Waals surface area contributed by atoms with Gasteiger partial charge in [-0.1, -0.05) is 18.2 Å². The lowest BCUT2D eigenvalue weighted by Crippen LogP contribution is -2.40. The van der Waals surface area contributed by atoms with Gasteiger partial charge in [-0.2, -0.15) is 0 Å². The number of benzene rings is 1. The van der Waals surface area contributed by atoms with E-state index in [0.29, 0.717) is 13.1 Å². The molecule has 0 aliphatic rings. The third-order valence-electron chi connectivity index (χ3n) is 3.09. The Kier molecular flexibility index (Phi) is 4.14. The number of hydrogen-bond acceptors (Lipinski definition) is 4. The summed E-state index contributed by atoms with van der Waals surface area (Å²) in [6.45, 7) is 4.31. The second-order valence-electron chi connectivity index (χ2n) is 5.20. The van der Waals surface area contributed by atoms with Crippen molar-refractivity contribution in [3.63, 3.8) is 0 Å². The molecule has 0 spiro atoms. The average molecular weight is 260 g/mol. The fourth-order valence-corrected chi connectivity index (χ4v) is 2.06. The van der Waals surface area contributed by atoms with E-state index in [0.717, 1.165) is 22.2 Å². The van der Waals surface area contributed by atoms with E-state index in [9.17, 15) is 5.11 Å². The molecule has 0 bridgehead atoms. The van der Waals surface area contributed by atoms with Gasteiger partial charge in [0.25, 0.3) is 0 Å². The molecule has 2 aromatic rings. The topological polar surface area (TPSA) is 65.4 Å². The molecule has 4 nitrogen and oxygen atoms in total. The van der Waals surface area contributed by atoms with Crippen LogP contribution in [0.2, 0.25) is 0 Å². The van der Waals surface area contributed by atoms with E-state index in [1.54, 1.807) is 6.92 Å². The zero-order valence-electron chi connectivity index (χ0n) is 11.3. The zero-order chi connectivity index (χ0) is 13.9. The third kappa shape index (κ3) is 3.50. The van der Waals surface area contributed by atoms with Crippen molar-refractivity contribution >= 4 is 10.9 Å². The average Bonchev–Trinajstić information content (AvgIpc) is 2.38. The number of nitrogens with zero attached hydrogens (tertiary/aromatic N) is 1. The predicted molar refractivity (Wildman–Crippen MR) is 75.9 cm³/mol. The smallest absolute Gasteiger partial charge is 0.0972 e. The fourth-order valence-electron chi connectivity index (χ4n) is 2.06. The Morgan fingerprint density at radius 2 is 2.05 bits per heavy atom. The first-order valence-electron chi connectivity index (χ1n) is 6.41. The summed E-state index contributed by atoms with van der Waals surface area (Å²) in [7, 11) is 0. The molecular weight excluding hydrogens is 240 g/mol. The molecule has 1 unspecified atom stereocenters. The van der Waals surface area contributed by atoms with Gasteiger partial charge >= 0.3 is 0 Å². The number of rotatable bonds is 5. The van der Waals surface area contributed by atoms with Crippen LogP contribution >= 0.6 is 0 Å². The summed E-state index contributed by atoms with van der Waals surface area (Å²) in [4.78, 5) is 4.49. The quantitative estimate of drug-likeness (QED) is 0.760. The summed E-state index contributed by atoms with van der Waals surface area (Å²) in [5.41, 5.74) is 2.02. The lowest BCUT2D eigenvalue weighted by atomic mass is 10.1. The normalized spacial score (nSPS) is 14.5. The van der Waals surface area contributed by atoms with E-state index in [-0.39, 0.29) is 6.61 Å². The second-order valence-corrected chi connectivity index (χ2v) is 5.20. The molecule has 0 saturated carbocycles. The van der Waals surface area contributed by atoms with Gasteiger partial charge in [0.2, 0.25) is 0 Å². The number of aliphatic hydroxyl groups excluding tert-OH is 1. The van der Waals surface area contributed by atoms with Crippen LogP contribution in [0, 0.1) is 6.92 Å². The van der Waals surface area contributed by atoms with Crippen LogP contribution in [0.15, 0.2) is 30.3 Å². The Hall–Kier alpha value is -1.49. The molecule has 0 fully saturated rings. The van der Waals surface area contributed by atoms with Crippen LogP contribution < -0.4 is 5.32 Å². The summed E-state index contributed by atoms with van der Waals surface area (Å²) in [5, 5.41) is 23.0. The first-order valence-corrected chi connectivity index (χ1v) is 6.41. The van der Waals surface area contributed by atoms with Crippen LogP contribution in [-0.2, 0) is 6.54 Å². The van der Waals surface area contributed by atoms with E-state index in [4.69, 9.17) is 5.11 Å². The minimum Gasteiger partial charge on any atom is -0.393 e. The molecule has 4 heteroatoms. The third-order valence-corrected chi connectivity index (χ3v) is 3.09. The van der Waals surface area contributed by atoms with Crippen LogP contribution in [-0.4, -0.2) is 33.9 Å². The minimum absolute atomic E-state index is 0.254. The first kappa shape index (κ1) is 13.9. The van der Waals surface area contributed by atoms with E-state index >= 15 is 0 Å². The molecule has 0 amide bonds. The molecule has 1 atom stereocenters. The SMILES string of the molecule is Cc1cc(CNCC(C)(O)CO)c2ccccc2n1. The summed E-state index contributed by atoms with van der Waals surface area (Å²) in [5.74, 6) is 0. The molecule has 0 saturated heterocycles. The molecule has 19 heavy (non-hydrogen) atoms. The van der Waals surface area contributed by atoms with Crippen LogP contribution in [0.4, 0.5) is 0 Å². The lowest BCUT2D eigenvalue weighted by Gasteiger charge is -2.21. The number of fused-ring (bicyclic) bond motifs is 1. The van der Waals surface area contributed by atoms with Crippen molar-refractivity contribution in [2.24, 2.45) is 0 Å². The number of aromatic nitrogens is 1. The maximum Gasteiger partial charge on any atom is 0.0972 e. The molecule has 1 aromatic heterocycles. The van der Waals surface area contributed by atoms with Crippen molar-refractivity contribution in [3.05, 3.63) is 41.6 Å². The van der Waals surface area contributed by atoms with Crippen molar-refractivity contribution in [1.29, 1.82) is 0 Å². The van der Waals surface area contributed by atoms with E-state index in [1.807, 2.05) is 37.3 Å². The van der Waals surface area contributed by atoms with Crippen LogP contribution in [0.3, 0.4) is 0 Å². The Morgan fingerprint density at radius 1 is 1.32 bits per heavy atom. The van der Waals surface area contributed by atoms with Gasteiger partial charge < -0.3 is 15.5 Å². The highest BCUT2D eigenvalue weighted by atomic mass is 16.3. The number of aryl methyl sites for hydroxylation is 1. The van der Waals surface area contributed by atoms with Gasteiger partial charge in [0, 0.05) is 24.2 Å². The Morgan fingerprint density at radius 3 is 2.79 bits per heavy atom. The van der Waals surface area contributed by atoms with Crippen LogP contribution in [0.25, 0.3) is 10.9 Å². The van der Waals surface area contributed by atoms with Crippen molar-refractivity contribution in [1.82, 2.24) is 10.3 Å². The molecule has 1 aromatic carbocycles. The van der Waals surface area contributed by atoms with Crippen molar-refractivity contribution in [2.45, 2.75) is 26.0 Å². The molecule has 102 valence electrons.